The molecule has 0 aliphatic carbocycles. The van der Waals surface area contributed by atoms with E-state index in [4.69, 9.17) is 5.73 Å². The number of nitrogens with zero attached hydrogens (tertiary/aromatic N) is 3. The van der Waals surface area contributed by atoms with Crippen LogP contribution in [0.5, 0.6) is 0 Å². The van der Waals surface area contributed by atoms with Crippen LogP contribution in [0.1, 0.15) is 10.4 Å². The summed E-state index contributed by atoms with van der Waals surface area (Å²) >= 11 is 0. The summed E-state index contributed by atoms with van der Waals surface area (Å²) in [6.07, 6.45) is 3.24. The van der Waals surface area contributed by atoms with E-state index in [1.807, 2.05) is 12.1 Å². The monoisotopic (exact) mass is 278 g/mol. The summed E-state index contributed by atoms with van der Waals surface area (Å²) in [4.78, 5) is 22.5. The molecule has 0 aliphatic rings. The SMILES string of the molecule is CN(C(=O)c1ccc2nccnc2c1)c1ccc(N)cc1. The lowest BCUT2D eigenvalue weighted by Crippen LogP contribution is -2.26. The van der Waals surface area contributed by atoms with E-state index in [1.165, 1.54) is 0 Å². The van der Waals surface area contributed by atoms with Gasteiger partial charge in [-0.2, -0.15) is 0 Å². The van der Waals surface area contributed by atoms with Crippen LogP contribution >= 0.6 is 0 Å². The summed E-state index contributed by atoms with van der Waals surface area (Å²) in [5.74, 6) is -0.104. The number of carbonyl (C=O) groups excluding carboxylic acids is 1. The number of benzene rings is 2. The van der Waals surface area contributed by atoms with Crippen LogP contribution < -0.4 is 10.6 Å². The van der Waals surface area contributed by atoms with Crippen molar-refractivity contribution in [3.8, 4) is 0 Å². The summed E-state index contributed by atoms with van der Waals surface area (Å²) < 4.78 is 0. The van der Waals surface area contributed by atoms with Crippen LogP contribution in [0.3, 0.4) is 0 Å². The fourth-order valence-electron chi connectivity index (χ4n) is 2.11. The van der Waals surface area contributed by atoms with E-state index < -0.39 is 0 Å². The second-order valence-corrected chi connectivity index (χ2v) is 4.72. The third-order valence-electron chi connectivity index (χ3n) is 3.30. The lowest BCUT2D eigenvalue weighted by molar-refractivity contribution is 0.0993. The molecule has 5 nitrogen and oxygen atoms in total. The summed E-state index contributed by atoms with van der Waals surface area (Å²) in [5.41, 5.74) is 9.15. The molecule has 0 aliphatic heterocycles. The molecule has 1 aromatic heterocycles. The van der Waals surface area contributed by atoms with Crippen molar-refractivity contribution >= 4 is 28.3 Å². The summed E-state index contributed by atoms with van der Waals surface area (Å²) in [6, 6.07) is 12.5. The first kappa shape index (κ1) is 13.1. The average Bonchev–Trinajstić information content (AvgIpc) is 2.54. The molecule has 2 aromatic carbocycles. The van der Waals surface area contributed by atoms with E-state index in [-0.39, 0.29) is 5.91 Å². The number of rotatable bonds is 2. The van der Waals surface area contributed by atoms with E-state index in [0.29, 0.717) is 16.8 Å². The highest BCUT2D eigenvalue weighted by molar-refractivity contribution is 6.07. The minimum Gasteiger partial charge on any atom is -0.399 e. The first-order valence-electron chi connectivity index (χ1n) is 6.49. The van der Waals surface area contributed by atoms with Crippen LogP contribution in [0.4, 0.5) is 11.4 Å². The molecule has 0 saturated heterocycles. The van der Waals surface area contributed by atoms with Gasteiger partial charge < -0.3 is 10.6 Å². The normalized spacial score (nSPS) is 10.5. The molecule has 3 rings (SSSR count). The molecular weight excluding hydrogens is 264 g/mol. The maximum Gasteiger partial charge on any atom is 0.258 e. The Morgan fingerprint density at radius 3 is 2.38 bits per heavy atom. The van der Waals surface area contributed by atoms with Crippen LogP contribution in [0, 0.1) is 0 Å². The number of nitrogen functional groups attached to an aromatic ring is 1. The smallest absolute Gasteiger partial charge is 0.258 e. The number of hydrogen-bond donors (Lipinski definition) is 1. The van der Waals surface area contributed by atoms with Crippen molar-refractivity contribution in [3.63, 3.8) is 0 Å². The molecule has 1 amide bonds. The second-order valence-electron chi connectivity index (χ2n) is 4.72. The van der Waals surface area contributed by atoms with E-state index in [0.717, 1.165) is 11.2 Å². The number of amides is 1. The van der Waals surface area contributed by atoms with Crippen LogP contribution in [-0.2, 0) is 0 Å². The van der Waals surface area contributed by atoms with Gasteiger partial charge in [0.1, 0.15) is 0 Å². The minimum absolute atomic E-state index is 0.104. The predicted octanol–water partition coefficient (Wildman–Crippen LogP) is 2.49. The van der Waals surface area contributed by atoms with Crippen molar-refractivity contribution in [1.29, 1.82) is 0 Å². The fraction of sp³-hybridized carbons (Fsp3) is 0.0625. The standard InChI is InChI=1S/C16H14N4O/c1-20(13-5-3-12(17)4-6-13)16(21)11-2-7-14-15(10-11)19-9-8-18-14/h2-10H,17H2,1H3. The maximum atomic E-state index is 12.5. The molecule has 2 N–H and O–H groups in total. The van der Waals surface area contributed by atoms with Crippen LogP contribution in [0.25, 0.3) is 11.0 Å². The molecule has 0 radical (unpaired) electrons. The Bertz CT molecular complexity index is 799. The Morgan fingerprint density at radius 1 is 1.00 bits per heavy atom. The summed E-state index contributed by atoms with van der Waals surface area (Å²) in [5, 5.41) is 0. The first-order valence-corrected chi connectivity index (χ1v) is 6.49. The van der Waals surface area contributed by atoms with Gasteiger partial charge in [0.2, 0.25) is 0 Å². The highest BCUT2D eigenvalue weighted by Gasteiger charge is 2.14. The van der Waals surface area contributed by atoms with E-state index in [1.54, 1.807) is 54.7 Å². The van der Waals surface area contributed by atoms with E-state index >= 15 is 0 Å². The predicted molar refractivity (Wildman–Crippen MR) is 83.1 cm³/mol. The van der Waals surface area contributed by atoms with Crippen molar-refractivity contribution in [2.75, 3.05) is 17.7 Å². The fourth-order valence-corrected chi connectivity index (χ4v) is 2.11. The van der Waals surface area contributed by atoms with E-state index in [9.17, 15) is 4.79 Å². The van der Waals surface area contributed by atoms with Crippen molar-refractivity contribution in [2.24, 2.45) is 0 Å². The van der Waals surface area contributed by atoms with Gasteiger partial charge in [0.25, 0.3) is 5.91 Å². The molecule has 0 bridgehead atoms. The molecule has 3 aromatic rings. The van der Waals surface area contributed by atoms with Gasteiger partial charge in [0.05, 0.1) is 11.0 Å². The Morgan fingerprint density at radius 2 is 1.67 bits per heavy atom. The number of nitrogens with two attached hydrogens (primary N) is 1. The Kier molecular flexibility index (Phi) is 3.23. The van der Waals surface area contributed by atoms with Crippen molar-refractivity contribution in [1.82, 2.24) is 9.97 Å². The zero-order valence-electron chi connectivity index (χ0n) is 11.5. The molecule has 0 spiro atoms. The van der Waals surface area contributed by atoms with Gasteiger partial charge in [0.15, 0.2) is 0 Å². The van der Waals surface area contributed by atoms with Gasteiger partial charge >= 0.3 is 0 Å². The molecule has 1 heterocycles. The molecule has 5 heteroatoms. The molecule has 0 saturated carbocycles. The maximum absolute atomic E-state index is 12.5. The van der Waals surface area contributed by atoms with Gasteiger partial charge in [-0.3, -0.25) is 14.8 Å². The van der Waals surface area contributed by atoms with Gasteiger partial charge in [-0.05, 0) is 42.5 Å². The van der Waals surface area contributed by atoms with Gasteiger partial charge in [-0.15, -0.1) is 0 Å². The highest BCUT2D eigenvalue weighted by atomic mass is 16.2. The lowest BCUT2D eigenvalue weighted by Gasteiger charge is -2.17. The second kappa shape index (κ2) is 5.20. The summed E-state index contributed by atoms with van der Waals surface area (Å²) in [7, 11) is 1.73. The highest BCUT2D eigenvalue weighted by Crippen LogP contribution is 2.19. The van der Waals surface area contributed by atoms with E-state index in [2.05, 4.69) is 9.97 Å². The topological polar surface area (TPSA) is 72.1 Å². The molecule has 0 fully saturated rings. The third-order valence-corrected chi connectivity index (χ3v) is 3.30. The Hall–Kier alpha value is -2.95. The largest absolute Gasteiger partial charge is 0.399 e. The van der Waals surface area contributed by atoms with Crippen molar-refractivity contribution in [3.05, 3.63) is 60.4 Å². The summed E-state index contributed by atoms with van der Waals surface area (Å²) in [6.45, 7) is 0. The quantitative estimate of drug-likeness (QED) is 0.731. The molecule has 0 unspecified atom stereocenters. The Labute approximate surface area is 122 Å². The minimum atomic E-state index is -0.104. The Balaban J connectivity index is 1.94. The number of aromatic nitrogens is 2. The molecule has 21 heavy (non-hydrogen) atoms. The molecule has 104 valence electrons. The van der Waals surface area contributed by atoms with Gasteiger partial charge in [0, 0.05) is 36.4 Å². The number of fused-ring (bicyclic) bond motifs is 1. The molecule has 0 atom stereocenters. The first-order chi connectivity index (χ1) is 10.1. The van der Waals surface area contributed by atoms with Crippen LogP contribution in [0.15, 0.2) is 54.9 Å². The van der Waals surface area contributed by atoms with Crippen molar-refractivity contribution < 1.29 is 4.79 Å². The van der Waals surface area contributed by atoms with Crippen molar-refractivity contribution in [2.45, 2.75) is 0 Å². The van der Waals surface area contributed by atoms with Gasteiger partial charge in [-0.1, -0.05) is 0 Å². The van der Waals surface area contributed by atoms with Gasteiger partial charge in [-0.25, -0.2) is 0 Å². The number of hydrogen-bond acceptors (Lipinski definition) is 4. The molecular formula is C16H14N4O. The average molecular weight is 278 g/mol. The third kappa shape index (κ3) is 2.53. The lowest BCUT2D eigenvalue weighted by atomic mass is 10.1. The zero-order chi connectivity index (χ0) is 14.8. The van der Waals surface area contributed by atoms with Crippen LogP contribution in [-0.4, -0.2) is 22.9 Å². The number of carbonyl (C=O) groups is 1. The number of anilines is 2. The van der Waals surface area contributed by atoms with Crippen LogP contribution in [0.2, 0.25) is 0 Å². The zero-order valence-corrected chi connectivity index (χ0v) is 11.5.